The van der Waals surface area contributed by atoms with Crippen LogP contribution in [0.15, 0.2) is 48.5 Å². The highest BCUT2D eigenvalue weighted by molar-refractivity contribution is 5.92. The van der Waals surface area contributed by atoms with Crippen molar-refractivity contribution in [3.63, 3.8) is 0 Å². The standard InChI is InChI=1S/C19H21NO3/c1-13-3-5-16(6-4-13)12-18(21)20-17-9-7-15(8-10-17)11-14(2)19(22)23/h3-10,14H,11-12H2,1-2H3,(H,20,21)(H,22,23). The van der Waals surface area contributed by atoms with Crippen molar-refractivity contribution in [2.45, 2.75) is 26.7 Å². The van der Waals surface area contributed by atoms with Gasteiger partial charge in [0.2, 0.25) is 5.91 Å². The van der Waals surface area contributed by atoms with Crippen LogP contribution in [0, 0.1) is 12.8 Å². The molecule has 4 nitrogen and oxygen atoms in total. The lowest BCUT2D eigenvalue weighted by molar-refractivity contribution is -0.141. The maximum Gasteiger partial charge on any atom is 0.306 e. The fourth-order valence-electron chi connectivity index (χ4n) is 2.26. The first kappa shape index (κ1) is 16.7. The minimum Gasteiger partial charge on any atom is -0.481 e. The Morgan fingerprint density at radius 1 is 1.00 bits per heavy atom. The predicted molar refractivity (Wildman–Crippen MR) is 90.5 cm³/mol. The van der Waals surface area contributed by atoms with E-state index < -0.39 is 11.9 Å². The Balaban J connectivity index is 1.91. The normalized spacial score (nSPS) is 11.7. The molecule has 23 heavy (non-hydrogen) atoms. The van der Waals surface area contributed by atoms with Crippen molar-refractivity contribution >= 4 is 17.6 Å². The second-order valence-electron chi connectivity index (χ2n) is 5.85. The van der Waals surface area contributed by atoms with E-state index in [1.807, 2.05) is 43.3 Å². The zero-order valence-electron chi connectivity index (χ0n) is 13.4. The van der Waals surface area contributed by atoms with Crippen LogP contribution in [0.2, 0.25) is 0 Å². The molecule has 120 valence electrons. The summed E-state index contributed by atoms with van der Waals surface area (Å²) in [6.07, 6.45) is 0.811. The Kier molecular flexibility index (Phi) is 5.52. The van der Waals surface area contributed by atoms with E-state index in [0.717, 1.165) is 11.1 Å². The molecule has 0 spiro atoms. The molecule has 1 unspecified atom stereocenters. The summed E-state index contributed by atoms with van der Waals surface area (Å²) in [5.74, 6) is -1.29. The molecule has 0 aliphatic heterocycles. The maximum absolute atomic E-state index is 12.0. The molecule has 1 atom stereocenters. The maximum atomic E-state index is 12.0. The van der Waals surface area contributed by atoms with Crippen LogP contribution in [0.3, 0.4) is 0 Å². The number of aryl methyl sites for hydroxylation is 1. The number of carboxylic acids is 1. The monoisotopic (exact) mass is 311 g/mol. The third-order valence-electron chi connectivity index (χ3n) is 3.69. The third-order valence-corrected chi connectivity index (χ3v) is 3.69. The van der Waals surface area contributed by atoms with Crippen LogP contribution in [0.1, 0.15) is 23.6 Å². The lowest BCUT2D eigenvalue weighted by Crippen LogP contribution is -2.14. The first-order chi connectivity index (χ1) is 10.9. The van der Waals surface area contributed by atoms with Gasteiger partial charge in [-0.25, -0.2) is 0 Å². The van der Waals surface area contributed by atoms with Gasteiger partial charge in [0.15, 0.2) is 0 Å². The summed E-state index contributed by atoms with van der Waals surface area (Å²) in [4.78, 5) is 22.9. The van der Waals surface area contributed by atoms with E-state index in [1.165, 1.54) is 5.56 Å². The predicted octanol–water partition coefficient (Wildman–Crippen LogP) is 3.44. The van der Waals surface area contributed by atoms with E-state index >= 15 is 0 Å². The zero-order valence-corrected chi connectivity index (χ0v) is 13.4. The third kappa shape index (κ3) is 5.25. The Morgan fingerprint density at radius 3 is 2.13 bits per heavy atom. The average Bonchev–Trinajstić information content (AvgIpc) is 2.51. The largest absolute Gasteiger partial charge is 0.481 e. The number of benzene rings is 2. The van der Waals surface area contributed by atoms with Gasteiger partial charge in [-0.05, 0) is 36.6 Å². The summed E-state index contributed by atoms with van der Waals surface area (Å²) in [5, 5.41) is 11.8. The van der Waals surface area contributed by atoms with Gasteiger partial charge < -0.3 is 10.4 Å². The molecule has 0 aliphatic rings. The highest BCUT2D eigenvalue weighted by atomic mass is 16.4. The molecule has 0 saturated heterocycles. The summed E-state index contributed by atoms with van der Waals surface area (Å²) in [5.41, 5.74) is 3.80. The molecule has 1 amide bonds. The Hall–Kier alpha value is -2.62. The summed E-state index contributed by atoms with van der Waals surface area (Å²) < 4.78 is 0. The lowest BCUT2D eigenvalue weighted by atomic mass is 10.0. The molecule has 4 heteroatoms. The summed E-state index contributed by atoms with van der Waals surface area (Å²) in [6.45, 7) is 3.69. The van der Waals surface area contributed by atoms with Gasteiger partial charge in [-0.1, -0.05) is 48.9 Å². The molecule has 0 radical (unpaired) electrons. The van der Waals surface area contributed by atoms with Crippen LogP contribution in [0.4, 0.5) is 5.69 Å². The van der Waals surface area contributed by atoms with Crippen molar-refractivity contribution in [1.82, 2.24) is 0 Å². The van der Waals surface area contributed by atoms with Gasteiger partial charge in [0, 0.05) is 5.69 Å². The van der Waals surface area contributed by atoms with Crippen molar-refractivity contribution in [3.05, 3.63) is 65.2 Å². The molecule has 0 bridgehead atoms. The number of carboxylic acid groups (broad SMARTS) is 1. The topological polar surface area (TPSA) is 66.4 Å². The number of anilines is 1. The SMILES string of the molecule is Cc1ccc(CC(=O)Nc2ccc(CC(C)C(=O)O)cc2)cc1. The van der Waals surface area contributed by atoms with Gasteiger partial charge in [-0.2, -0.15) is 0 Å². The quantitative estimate of drug-likeness (QED) is 0.859. The molecule has 0 saturated carbocycles. The molecule has 0 heterocycles. The molecule has 0 fully saturated rings. The number of nitrogens with one attached hydrogen (secondary N) is 1. The summed E-state index contributed by atoms with van der Waals surface area (Å²) in [7, 11) is 0. The summed E-state index contributed by atoms with van der Waals surface area (Å²) in [6, 6.07) is 15.2. The van der Waals surface area contributed by atoms with Gasteiger partial charge in [0.05, 0.1) is 12.3 Å². The molecule has 0 aliphatic carbocycles. The van der Waals surface area contributed by atoms with Gasteiger partial charge in [0.25, 0.3) is 0 Å². The van der Waals surface area contributed by atoms with Crippen LogP contribution in [-0.2, 0) is 22.4 Å². The molecule has 2 rings (SSSR count). The van der Waals surface area contributed by atoms with Gasteiger partial charge in [-0.15, -0.1) is 0 Å². The highest BCUT2D eigenvalue weighted by Gasteiger charge is 2.11. The number of carbonyl (C=O) groups excluding carboxylic acids is 1. The molecular formula is C19H21NO3. The van der Waals surface area contributed by atoms with Crippen molar-refractivity contribution < 1.29 is 14.7 Å². The molecule has 2 aromatic rings. The Morgan fingerprint density at radius 2 is 1.57 bits per heavy atom. The molecule has 2 aromatic carbocycles. The van der Waals surface area contributed by atoms with Crippen LogP contribution in [0.25, 0.3) is 0 Å². The smallest absolute Gasteiger partial charge is 0.306 e. The number of hydrogen-bond acceptors (Lipinski definition) is 2. The van der Waals surface area contributed by atoms with E-state index in [-0.39, 0.29) is 5.91 Å². The Labute approximate surface area is 136 Å². The van der Waals surface area contributed by atoms with Gasteiger partial charge in [0.1, 0.15) is 0 Å². The number of hydrogen-bond donors (Lipinski definition) is 2. The first-order valence-electron chi connectivity index (χ1n) is 7.61. The first-order valence-corrected chi connectivity index (χ1v) is 7.61. The van der Waals surface area contributed by atoms with Crippen LogP contribution in [-0.4, -0.2) is 17.0 Å². The van der Waals surface area contributed by atoms with E-state index in [9.17, 15) is 9.59 Å². The Bertz CT molecular complexity index is 675. The fourth-order valence-corrected chi connectivity index (χ4v) is 2.26. The number of carbonyl (C=O) groups is 2. The average molecular weight is 311 g/mol. The molecule has 0 aromatic heterocycles. The van der Waals surface area contributed by atoms with Gasteiger partial charge in [-0.3, -0.25) is 9.59 Å². The number of aliphatic carboxylic acids is 1. The van der Waals surface area contributed by atoms with Crippen molar-refractivity contribution in [2.24, 2.45) is 5.92 Å². The van der Waals surface area contributed by atoms with Crippen molar-refractivity contribution in [2.75, 3.05) is 5.32 Å². The van der Waals surface area contributed by atoms with Crippen LogP contribution >= 0.6 is 0 Å². The van der Waals surface area contributed by atoms with Crippen LogP contribution < -0.4 is 5.32 Å². The fraction of sp³-hybridized carbons (Fsp3) is 0.263. The minimum absolute atomic E-state index is 0.0690. The van der Waals surface area contributed by atoms with Crippen LogP contribution in [0.5, 0.6) is 0 Å². The summed E-state index contributed by atoms with van der Waals surface area (Å²) >= 11 is 0. The number of amides is 1. The van der Waals surface area contributed by atoms with E-state index in [2.05, 4.69) is 5.32 Å². The highest BCUT2D eigenvalue weighted by Crippen LogP contribution is 2.14. The second kappa shape index (κ2) is 7.58. The van der Waals surface area contributed by atoms with Crippen molar-refractivity contribution in [3.8, 4) is 0 Å². The number of rotatable bonds is 6. The van der Waals surface area contributed by atoms with Gasteiger partial charge >= 0.3 is 5.97 Å². The van der Waals surface area contributed by atoms with E-state index in [4.69, 9.17) is 5.11 Å². The minimum atomic E-state index is -0.805. The van der Waals surface area contributed by atoms with E-state index in [1.54, 1.807) is 19.1 Å². The van der Waals surface area contributed by atoms with Crippen molar-refractivity contribution in [1.29, 1.82) is 0 Å². The lowest BCUT2D eigenvalue weighted by Gasteiger charge is -2.09. The zero-order chi connectivity index (χ0) is 16.8. The van der Waals surface area contributed by atoms with E-state index in [0.29, 0.717) is 18.5 Å². The molecule has 2 N–H and O–H groups in total. The molecular weight excluding hydrogens is 290 g/mol. The second-order valence-corrected chi connectivity index (χ2v) is 5.85.